The number of benzene rings is 1. The molecule has 0 heteroatoms. The molecule has 0 amide bonds. The van der Waals surface area contributed by atoms with E-state index in [-0.39, 0.29) is 0 Å². The molecular weight excluding hydrogens is 192 g/mol. The van der Waals surface area contributed by atoms with E-state index in [0.717, 1.165) is 5.57 Å². The first-order valence-corrected chi connectivity index (χ1v) is 6.26. The average Bonchev–Trinajstić information content (AvgIpc) is 2.26. The van der Waals surface area contributed by atoms with Crippen LogP contribution >= 0.6 is 0 Å². The van der Waals surface area contributed by atoms with Gasteiger partial charge in [0.1, 0.15) is 0 Å². The molecule has 0 saturated carbocycles. The van der Waals surface area contributed by atoms with Gasteiger partial charge in [-0.1, -0.05) is 64.5 Å². The van der Waals surface area contributed by atoms with Gasteiger partial charge < -0.3 is 0 Å². The van der Waals surface area contributed by atoms with Crippen LogP contribution in [-0.4, -0.2) is 0 Å². The third kappa shape index (κ3) is 7.28. The molecule has 0 aromatic heterocycles. The Kier molecular flexibility index (Phi) is 11.4. The van der Waals surface area contributed by atoms with Gasteiger partial charge in [0.25, 0.3) is 0 Å². The quantitative estimate of drug-likeness (QED) is 0.563. The summed E-state index contributed by atoms with van der Waals surface area (Å²) in [7, 11) is 0. The van der Waals surface area contributed by atoms with E-state index in [4.69, 9.17) is 0 Å². The van der Waals surface area contributed by atoms with Crippen LogP contribution in [0.3, 0.4) is 0 Å². The van der Waals surface area contributed by atoms with Crippen LogP contribution in [0.15, 0.2) is 24.8 Å². The summed E-state index contributed by atoms with van der Waals surface area (Å²) in [6.07, 6.45) is 1.25. The van der Waals surface area contributed by atoms with Crippen LogP contribution in [0, 0.1) is 13.8 Å². The minimum atomic E-state index is 1.13. The minimum Gasteiger partial charge on any atom is -0.0955 e. The van der Waals surface area contributed by atoms with Gasteiger partial charge in [0.15, 0.2) is 0 Å². The van der Waals surface area contributed by atoms with Gasteiger partial charge in [-0.15, -0.1) is 0 Å². The molecule has 0 aliphatic carbocycles. The lowest BCUT2D eigenvalue weighted by atomic mass is 10.0. The Hall–Kier alpha value is -1.04. The molecule has 0 bridgehead atoms. The van der Waals surface area contributed by atoms with Crippen molar-refractivity contribution >= 4 is 5.57 Å². The second-order valence-electron chi connectivity index (χ2n) is 3.79. The van der Waals surface area contributed by atoms with Gasteiger partial charge in [0.05, 0.1) is 0 Å². The standard InChI is InChI=1S/C11H14.C3H8.C2H6/c1-8(2)11-6-5-9(3)10(4)7-11;1-3-2;1-2/h5-7H,1H2,2-4H3;3H2,1-2H3;1-2H3. The zero-order chi connectivity index (χ0) is 13.1. The first-order valence-electron chi connectivity index (χ1n) is 6.26. The SMILES string of the molecule is C=C(C)c1ccc(C)c(C)c1.CC.CCC. The van der Waals surface area contributed by atoms with Gasteiger partial charge in [0.2, 0.25) is 0 Å². The molecule has 0 atom stereocenters. The molecule has 1 aromatic carbocycles. The summed E-state index contributed by atoms with van der Waals surface area (Å²) in [5.74, 6) is 0. The van der Waals surface area contributed by atoms with E-state index in [0.29, 0.717) is 0 Å². The third-order valence-corrected chi connectivity index (χ3v) is 2.00. The van der Waals surface area contributed by atoms with Crippen molar-refractivity contribution in [2.45, 2.75) is 54.9 Å². The maximum atomic E-state index is 3.90. The third-order valence-electron chi connectivity index (χ3n) is 2.00. The van der Waals surface area contributed by atoms with Gasteiger partial charge in [-0.05, 0) is 37.5 Å². The topological polar surface area (TPSA) is 0 Å². The smallest absolute Gasteiger partial charge is 0.0230 e. The normalized spacial score (nSPS) is 8.19. The molecule has 0 saturated heterocycles. The summed E-state index contributed by atoms with van der Waals surface area (Å²) >= 11 is 0. The van der Waals surface area contributed by atoms with Gasteiger partial charge in [-0.25, -0.2) is 0 Å². The van der Waals surface area contributed by atoms with E-state index >= 15 is 0 Å². The maximum absolute atomic E-state index is 3.90. The van der Waals surface area contributed by atoms with Crippen LogP contribution in [0.4, 0.5) is 0 Å². The van der Waals surface area contributed by atoms with E-state index in [1.165, 1.54) is 23.1 Å². The highest BCUT2D eigenvalue weighted by molar-refractivity contribution is 5.62. The number of rotatable bonds is 1. The van der Waals surface area contributed by atoms with E-state index in [1.807, 2.05) is 20.8 Å². The summed E-state index contributed by atoms with van der Waals surface area (Å²) in [5, 5.41) is 0. The predicted molar refractivity (Wildman–Crippen MR) is 77.9 cm³/mol. The van der Waals surface area contributed by atoms with Gasteiger partial charge in [-0.3, -0.25) is 0 Å². The number of hydrogen-bond acceptors (Lipinski definition) is 0. The molecule has 16 heavy (non-hydrogen) atoms. The highest BCUT2D eigenvalue weighted by Crippen LogP contribution is 2.15. The molecule has 0 N–H and O–H groups in total. The Balaban J connectivity index is 0. The van der Waals surface area contributed by atoms with Crippen LogP contribution < -0.4 is 0 Å². The maximum Gasteiger partial charge on any atom is -0.0230 e. The largest absolute Gasteiger partial charge is 0.0955 e. The summed E-state index contributed by atoms with van der Waals surface area (Å²) < 4.78 is 0. The van der Waals surface area contributed by atoms with Crippen molar-refractivity contribution in [1.82, 2.24) is 0 Å². The molecular formula is C16H28. The van der Waals surface area contributed by atoms with E-state index in [2.05, 4.69) is 52.5 Å². The molecule has 0 radical (unpaired) electrons. The van der Waals surface area contributed by atoms with Gasteiger partial charge >= 0.3 is 0 Å². The highest BCUT2D eigenvalue weighted by atomic mass is 14.0. The molecule has 0 unspecified atom stereocenters. The molecule has 0 aliphatic heterocycles. The second kappa shape index (κ2) is 10.5. The molecule has 1 rings (SSSR count). The van der Waals surface area contributed by atoms with Crippen LogP contribution in [-0.2, 0) is 0 Å². The zero-order valence-corrected chi connectivity index (χ0v) is 12.1. The van der Waals surface area contributed by atoms with Crippen LogP contribution in [0.1, 0.15) is 57.7 Å². The second-order valence-corrected chi connectivity index (χ2v) is 3.79. The molecule has 1 aromatic rings. The van der Waals surface area contributed by atoms with Crippen LogP contribution in [0.25, 0.3) is 5.57 Å². The molecule has 0 aliphatic rings. The number of aryl methyl sites for hydroxylation is 2. The first-order chi connectivity index (χ1) is 7.52. The molecule has 0 nitrogen and oxygen atoms in total. The Labute approximate surface area is 102 Å². The summed E-state index contributed by atoms with van der Waals surface area (Å²) in [6.45, 7) is 18.4. The first kappa shape index (κ1) is 17.4. The lowest BCUT2D eigenvalue weighted by Gasteiger charge is -2.03. The van der Waals surface area contributed by atoms with Crippen molar-refractivity contribution in [2.24, 2.45) is 0 Å². The molecule has 0 heterocycles. The summed E-state index contributed by atoms with van der Waals surface area (Å²) in [5.41, 5.74) is 5.06. The van der Waals surface area contributed by atoms with Crippen molar-refractivity contribution in [3.05, 3.63) is 41.5 Å². The Bertz CT molecular complexity index is 295. The van der Waals surface area contributed by atoms with E-state index < -0.39 is 0 Å². The Morgan fingerprint density at radius 3 is 1.81 bits per heavy atom. The van der Waals surface area contributed by atoms with Crippen molar-refractivity contribution in [3.8, 4) is 0 Å². The highest BCUT2D eigenvalue weighted by Gasteiger charge is 1.95. The van der Waals surface area contributed by atoms with Crippen LogP contribution in [0.2, 0.25) is 0 Å². The lowest BCUT2D eigenvalue weighted by molar-refractivity contribution is 1.09. The summed E-state index contributed by atoms with van der Waals surface area (Å²) in [4.78, 5) is 0. The van der Waals surface area contributed by atoms with E-state index in [9.17, 15) is 0 Å². The number of allylic oxidation sites excluding steroid dienone is 1. The Morgan fingerprint density at radius 1 is 1.06 bits per heavy atom. The molecule has 0 spiro atoms. The van der Waals surface area contributed by atoms with Gasteiger partial charge in [-0.2, -0.15) is 0 Å². The zero-order valence-electron chi connectivity index (χ0n) is 12.1. The monoisotopic (exact) mass is 220 g/mol. The summed E-state index contributed by atoms with van der Waals surface area (Å²) in [6, 6.07) is 6.43. The molecule has 92 valence electrons. The van der Waals surface area contributed by atoms with Crippen molar-refractivity contribution in [3.63, 3.8) is 0 Å². The van der Waals surface area contributed by atoms with Crippen LogP contribution in [0.5, 0.6) is 0 Å². The fourth-order valence-corrected chi connectivity index (χ4v) is 1.01. The predicted octanol–water partition coefficient (Wildman–Crippen LogP) is 5.78. The number of hydrogen-bond donors (Lipinski definition) is 0. The lowest BCUT2D eigenvalue weighted by Crippen LogP contribution is -1.83. The van der Waals surface area contributed by atoms with Crippen molar-refractivity contribution in [1.29, 1.82) is 0 Å². The van der Waals surface area contributed by atoms with E-state index in [1.54, 1.807) is 0 Å². The fraction of sp³-hybridized carbons (Fsp3) is 0.500. The Morgan fingerprint density at radius 2 is 1.50 bits per heavy atom. The van der Waals surface area contributed by atoms with Crippen molar-refractivity contribution < 1.29 is 0 Å². The molecule has 0 fully saturated rings. The average molecular weight is 220 g/mol. The van der Waals surface area contributed by atoms with Gasteiger partial charge in [0, 0.05) is 0 Å². The minimum absolute atomic E-state index is 1.13. The fourth-order valence-electron chi connectivity index (χ4n) is 1.01. The van der Waals surface area contributed by atoms with Crippen molar-refractivity contribution in [2.75, 3.05) is 0 Å².